The average molecular weight is 631 g/mol. The third kappa shape index (κ3) is 7.71. The van der Waals surface area contributed by atoms with Crippen molar-refractivity contribution in [1.82, 2.24) is 4.98 Å². The molecule has 3 aromatic carbocycles. The minimum atomic E-state index is -4.27. The van der Waals surface area contributed by atoms with Crippen molar-refractivity contribution in [2.75, 3.05) is 13.4 Å². The molecular weight excluding hydrogens is 602 g/mol. The molecule has 1 atom stereocenters. The maximum absolute atomic E-state index is 13.2. The Kier molecular flexibility index (Phi) is 9.98. The monoisotopic (exact) mass is 630 g/mol. The van der Waals surface area contributed by atoms with Crippen molar-refractivity contribution in [3.05, 3.63) is 107 Å². The van der Waals surface area contributed by atoms with Gasteiger partial charge in [0.2, 0.25) is 10.0 Å². The number of primary sulfonamides is 1. The van der Waals surface area contributed by atoms with E-state index in [0.717, 1.165) is 22.1 Å². The number of ether oxygens (including phenoxy) is 1. The summed E-state index contributed by atoms with van der Waals surface area (Å²) in [4.78, 5) is 6.94. The van der Waals surface area contributed by atoms with Crippen LogP contribution in [-0.2, 0) is 16.4 Å². The highest BCUT2D eigenvalue weighted by atomic mass is 32.2. The van der Waals surface area contributed by atoms with Gasteiger partial charge in [-0.3, -0.25) is 4.98 Å². The maximum atomic E-state index is 13.2. The molecule has 0 saturated carbocycles. The second-order valence-corrected chi connectivity index (χ2v) is 12.9. The minimum Gasteiger partial charge on any atom is -0.497 e. The quantitative estimate of drug-likeness (QED) is 0.183. The van der Waals surface area contributed by atoms with E-state index in [0.29, 0.717) is 11.4 Å². The van der Waals surface area contributed by atoms with Crippen LogP contribution in [-0.4, -0.2) is 32.9 Å². The Morgan fingerprint density at radius 2 is 1.71 bits per heavy atom. The van der Waals surface area contributed by atoms with Crippen LogP contribution in [0.15, 0.2) is 101 Å². The molecule has 2 heterocycles. The molecule has 0 spiro atoms. The lowest BCUT2D eigenvalue weighted by atomic mass is 9.99. The molecule has 2 aromatic heterocycles. The van der Waals surface area contributed by atoms with Crippen molar-refractivity contribution in [2.45, 2.75) is 35.2 Å². The summed E-state index contributed by atoms with van der Waals surface area (Å²) in [7, 11) is -2.08. The van der Waals surface area contributed by atoms with E-state index in [-0.39, 0.29) is 10.5 Å². The van der Waals surface area contributed by atoms with Crippen molar-refractivity contribution in [3.8, 4) is 17.0 Å². The lowest BCUT2D eigenvalue weighted by Crippen LogP contribution is -2.17. The second kappa shape index (κ2) is 13.3. The van der Waals surface area contributed by atoms with E-state index in [1.807, 2.05) is 30.3 Å². The van der Waals surface area contributed by atoms with E-state index in [2.05, 4.69) is 29.4 Å². The molecule has 0 aliphatic rings. The highest BCUT2D eigenvalue weighted by Gasteiger charge is 2.37. The number of hydrogen-bond acceptors (Lipinski definition) is 6. The van der Waals surface area contributed by atoms with Crippen LogP contribution in [0.25, 0.3) is 21.3 Å². The summed E-state index contributed by atoms with van der Waals surface area (Å²) >= 11 is 3.41. The van der Waals surface area contributed by atoms with Gasteiger partial charge in [0.05, 0.1) is 23.6 Å². The van der Waals surface area contributed by atoms with Crippen LogP contribution in [0.4, 0.5) is 13.2 Å². The zero-order valence-electron chi connectivity index (χ0n) is 23.1. The molecule has 0 saturated heterocycles. The Morgan fingerprint density at radius 3 is 2.36 bits per heavy atom. The van der Waals surface area contributed by atoms with E-state index in [1.165, 1.54) is 53.8 Å². The number of benzene rings is 3. The van der Waals surface area contributed by atoms with Gasteiger partial charge in [0, 0.05) is 32.7 Å². The van der Waals surface area contributed by atoms with Crippen LogP contribution >= 0.6 is 23.1 Å². The van der Waals surface area contributed by atoms with Crippen molar-refractivity contribution < 1.29 is 26.3 Å². The van der Waals surface area contributed by atoms with Crippen LogP contribution in [0.1, 0.15) is 28.8 Å². The van der Waals surface area contributed by atoms with Crippen LogP contribution in [0.5, 0.6) is 5.75 Å². The Labute approximate surface area is 251 Å². The van der Waals surface area contributed by atoms with Gasteiger partial charge < -0.3 is 4.74 Å². The average Bonchev–Trinajstić information content (AvgIpc) is 3.39. The molecule has 11 heteroatoms. The molecule has 5 nitrogen and oxygen atoms in total. The van der Waals surface area contributed by atoms with Gasteiger partial charge in [0.25, 0.3) is 0 Å². The van der Waals surface area contributed by atoms with Gasteiger partial charge in [0.15, 0.2) is 0 Å². The number of fused-ring (bicyclic) bond motifs is 1. The lowest BCUT2D eigenvalue weighted by molar-refractivity contribution is -0.146. The first-order valence-corrected chi connectivity index (χ1v) is 16.3. The molecule has 2 N–H and O–H groups in total. The number of halogens is 3. The molecule has 0 unspecified atom stereocenters. The number of sulfonamides is 1. The molecule has 0 amide bonds. The number of thioether (sulfide) groups is 1. The number of pyridine rings is 1. The predicted octanol–water partition coefficient (Wildman–Crippen LogP) is 8.28. The summed E-state index contributed by atoms with van der Waals surface area (Å²) in [6.07, 6.45) is 0.0945. The molecule has 42 heavy (non-hydrogen) atoms. The molecule has 5 aromatic rings. The molecule has 0 bridgehead atoms. The van der Waals surface area contributed by atoms with Gasteiger partial charge in [-0.05, 0) is 78.2 Å². The summed E-state index contributed by atoms with van der Waals surface area (Å²) in [5, 5.41) is 5.97. The van der Waals surface area contributed by atoms with E-state index < -0.39 is 22.1 Å². The number of aromatic nitrogens is 1. The van der Waals surface area contributed by atoms with Crippen molar-refractivity contribution in [1.29, 1.82) is 0 Å². The smallest absolute Gasteiger partial charge is 0.395 e. The predicted molar refractivity (Wildman–Crippen MR) is 165 cm³/mol. The normalized spacial score (nSPS) is 12.5. The number of alkyl halides is 3. The fourth-order valence-electron chi connectivity index (χ4n) is 4.26. The summed E-state index contributed by atoms with van der Waals surface area (Å²) < 4.78 is 67.0. The number of rotatable bonds is 7. The van der Waals surface area contributed by atoms with Gasteiger partial charge in [-0.2, -0.15) is 13.2 Å². The van der Waals surface area contributed by atoms with Gasteiger partial charge >= 0.3 is 6.18 Å². The number of thiophene rings is 1. The lowest BCUT2D eigenvalue weighted by Gasteiger charge is -2.16. The SMILES string of the molecule is COc1ccc(S(N)(=O)=O)cc1.CSc1ccccc1Cc1cc2cccc(-c3cc([C@@H](C)C(F)(F)F)ccn3)c2s1. The Hall–Kier alpha value is -3.38. The summed E-state index contributed by atoms with van der Waals surface area (Å²) in [6, 6.07) is 25.3. The van der Waals surface area contributed by atoms with E-state index in [4.69, 9.17) is 9.88 Å². The summed E-state index contributed by atoms with van der Waals surface area (Å²) in [5.41, 5.74) is 2.96. The third-order valence-corrected chi connectivity index (χ3v) is 9.54. The van der Waals surface area contributed by atoms with Crippen LogP contribution < -0.4 is 9.88 Å². The maximum Gasteiger partial charge on any atom is 0.395 e. The number of nitrogens with two attached hydrogens (primary N) is 1. The third-order valence-electron chi connectivity index (χ3n) is 6.59. The van der Waals surface area contributed by atoms with E-state index in [9.17, 15) is 21.6 Å². The molecule has 0 radical (unpaired) electrons. The van der Waals surface area contributed by atoms with Crippen molar-refractivity contribution in [2.24, 2.45) is 5.14 Å². The molecule has 0 aliphatic carbocycles. The Balaban J connectivity index is 0.000000283. The number of methoxy groups -OCH3 is 1. The van der Waals surface area contributed by atoms with Gasteiger partial charge in [-0.25, -0.2) is 13.6 Å². The van der Waals surface area contributed by atoms with Crippen LogP contribution in [0, 0.1) is 0 Å². The van der Waals surface area contributed by atoms with Crippen LogP contribution in [0.2, 0.25) is 0 Å². The largest absolute Gasteiger partial charge is 0.497 e. The fourth-order valence-corrected chi connectivity index (χ4v) is 6.60. The first-order chi connectivity index (χ1) is 19.9. The summed E-state index contributed by atoms with van der Waals surface area (Å²) in [5.74, 6) is -0.928. The first-order valence-electron chi connectivity index (χ1n) is 12.7. The van der Waals surface area contributed by atoms with Gasteiger partial charge in [-0.15, -0.1) is 23.1 Å². The van der Waals surface area contributed by atoms with Gasteiger partial charge in [-0.1, -0.05) is 36.4 Å². The van der Waals surface area contributed by atoms with E-state index >= 15 is 0 Å². The highest BCUT2D eigenvalue weighted by molar-refractivity contribution is 7.98. The number of hydrogen-bond donors (Lipinski definition) is 1. The van der Waals surface area contributed by atoms with Crippen LogP contribution in [0.3, 0.4) is 0 Å². The number of nitrogens with zero attached hydrogens (tertiary/aromatic N) is 1. The van der Waals surface area contributed by atoms with E-state index in [1.54, 1.807) is 41.3 Å². The molecular formula is C31H29F3N2O3S3. The second-order valence-electron chi connectivity index (χ2n) is 9.38. The van der Waals surface area contributed by atoms with Crippen molar-refractivity contribution in [3.63, 3.8) is 0 Å². The molecule has 5 rings (SSSR count). The Morgan fingerprint density at radius 1 is 1.00 bits per heavy atom. The molecule has 220 valence electrons. The molecule has 0 fully saturated rings. The standard InChI is InChI=1S/C24H20F3NS2.C7H9NO3S/c1-15(24(25,26)27)16-10-11-28-21(14-16)20-8-5-7-18-13-19(30-23(18)20)12-17-6-3-4-9-22(17)29-2;1-11-6-2-4-7(5-3-6)12(8,9)10/h3-11,13-15H,12H2,1-2H3;2-5H,1H3,(H2,8,9,10)/t15-;/m1./s1. The zero-order chi connectivity index (χ0) is 30.5. The van der Waals surface area contributed by atoms with Gasteiger partial charge in [0.1, 0.15) is 5.75 Å². The summed E-state index contributed by atoms with van der Waals surface area (Å²) in [6.45, 7) is 1.19. The minimum absolute atomic E-state index is 0.0864. The van der Waals surface area contributed by atoms with Crippen molar-refractivity contribution >= 4 is 43.2 Å². The Bertz CT molecular complexity index is 1770. The highest BCUT2D eigenvalue weighted by Crippen LogP contribution is 2.39. The fraction of sp³-hybridized carbons (Fsp3) is 0.194. The molecule has 0 aliphatic heterocycles. The topological polar surface area (TPSA) is 82.3 Å². The first kappa shape index (κ1) is 31.6. The zero-order valence-corrected chi connectivity index (χ0v) is 25.5.